The summed E-state index contributed by atoms with van der Waals surface area (Å²) in [6.45, 7) is 2.25. The fraction of sp³-hybridized carbons (Fsp3) is 0.800. The number of methoxy groups -OCH3 is 1. The highest BCUT2D eigenvalue weighted by molar-refractivity contribution is 5.66. The number of rotatable bonds is 7. The monoisotopic (exact) mass is 252 g/mol. The van der Waals surface area contributed by atoms with E-state index < -0.39 is 0 Å². The van der Waals surface area contributed by atoms with Gasteiger partial charge in [0.25, 0.3) is 0 Å². The van der Waals surface area contributed by atoms with Crippen molar-refractivity contribution in [2.24, 2.45) is 17.8 Å². The van der Waals surface area contributed by atoms with E-state index in [1.54, 1.807) is 7.11 Å². The average Bonchev–Trinajstić information content (AvgIpc) is 2.90. The highest BCUT2D eigenvalue weighted by Gasteiger charge is 2.37. The summed E-state index contributed by atoms with van der Waals surface area (Å²) in [5.74, 6) is 2.08. The van der Waals surface area contributed by atoms with Gasteiger partial charge in [-0.2, -0.15) is 0 Å². The SMILES string of the molecule is COCCCC(CC1CC2C=CC1C2)OC(C)=O. The largest absolute Gasteiger partial charge is 0.463 e. The number of ether oxygens (including phenoxy) is 2. The van der Waals surface area contributed by atoms with Crippen LogP contribution in [0.1, 0.15) is 39.0 Å². The van der Waals surface area contributed by atoms with E-state index in [1.807, 2.05) is 0 Å². The summed E-state index contributed by atoms with van der Waals surface area (Å²) in [7, 11) is 1.71. The molecule has 2 aliphatic carbocycles. The van der Waals surface area contributed by atoms with E-state index in [9.17, 15) is 4.79 Å². The van der Waals surface area contributed by atoms with Crippen molar-refractivity contribution in [2.45, 2.75) is 45.1 Å². The third-order valence-electron chi connectivity index (χ3n) is 4.19. The molecule has 4 atom stereocenters. The van der Waals surface area contributed by atoms with E-state index in [-0.39, 0.29) is 12.1 Å². The predicted octanol–water partition coefficient (Wildman–Crippen LogP) is 2.95. The maximum Gasteiger partial charge on any atom is 0.302 e. The summed E-state index contributed by atoms with van der Waals surface area (Å²) in [5.41, 5.74) is 0. The Hall–Kier alpha value is -0.830. The Morgan fingerprint density at radius 2 is 2.22 bits per heavy atom. The van der Waals surface area contributed by atoms with E-state index >= 15 is 0 Å². The fourth-order valence-corrected chi connectivity index (χ4v) is 3.42. The number of hydrogen-bond donors (Lipinski definition) is 0. The molecule has 18 heavy (non-hydrogen) atoms. The second kappa shape index (κ2) is 6.37. The molecule has 0 heterocycles. The first-order valence-corrected chi connectivity index (χ1v) is 7.03. The number of carbonyl (C=O) groups is 1. The third kappa shape index (κ3) is 3.58. The highest BCUT2D eigenvalue weighted by atomic mass is 16.5. The molecule has 2 rings (SSSR count). The van der Waals surface area contributed by atoms with Gasteiger partial charge in [-0.15, -0.1) is 0 Å². The van der Waals surface area contributed by atoms with Crippen molar-refractivity contribution in [1.29, 1.82) is 0 Å². The fourth-order valence-electron chi connectivity index (χ4n) is 3.42. The van der Waals surface area contributed by atoms with Crippen molar-refractivity contribution in [3.05, 3.63) is 12.2 Å². The van der Waals surface area contributed by atoms with Crippen molar-refractivity contribution in [2.75, 3.05) is 13.7 Å². The van der Waals surface area contributed by atoms with Gasteiger partial charge in [0.15, 0.2) is 0 Å². The van der Waals surface area contributed by atoms with Crippen LogP contribution in [0.5, 0.6) is 0 Å². The van der Waals surface area contributed by atoms with Gasteiger partial charge in [-0.1, -0.05) is 12.2 Å². The van der Waals surface area contributed by atoms with Gasteiger partial charge in [-0.05, 0) is 49.9 Å². The Kier molecular flexibility index (Phi) is 4.81. The molecule has 0 aliphatic heterocycles. The molecule has 2 aliphatic rings. The Bertz CT molecular complexity index is 311. The molecule has 0 aromatic heterocycles. The van der Waals surface area contributed by atoms with E-state index in [2.05, 4.69) is 12.2 Å². The van der Waals surface area contributed by atoms with E-state index in [0.29, 0.717) is 5.92 Å². The maximum absolute atomic E-state index is 11.2. The number of hydrogen-bond acceptors (Lipinski definition) is 3. The molecule has 0 aromatic carbocycles. The topological polar surface area (TPSA) is 35.5 Å². The van der Waals surface area contributed by atoms with Crippen molar-refractivity contribution < 1.29 is 14.3 Å². The van der Waals surface area contributed by atoms with Crippen LogP contribution in [0.15, 0.2) is 12.2 Å². The van der Waals surface area contributed by atoms with Gasteiger partial charge >= 0.3 is 5.97 Å². The molecule has 0 amide bonds. The molecule has 0 saturated heterocycles. The lowest BCUT2D eigenvalue weighted by Gasteiger charge is -2.24. The van der Waals surface area contributed by atoms with Crippen molar-refractivity contribution in [1.82, 2.24) is 0 Å². The summed E-state index contributed by atoms with van der Waals surface area (Å²) in [6.07, 6.45) is 10.3. The molecule has 1 saturated carbocycles. The van der Waals surface area contributed by atoms with Gasteiger partial charge in [0.1, 0.15) is 6.10 Å². The van der Waals surface area contributed by atoms with Gasteiger partial charge in [-0.25, -0.2) is 0 Å². The smallest absolute Gasteiger partial charge is 0.302 e. The summed E-state index contributed by atoms with van der Waals surface area (Å²) < 4.78 is 10.5. The Balaban J connectivity index is 1.80. The van der Waals surface area contributed by atoms with Crippen LogP contribution in [-0.4, -0.2) is 25.8 Å². The summed E-state index contributed by atoms with van der Waals surface area (Å²) in [6, 6.07) is 0. The lowest BCUT2D eigenvalue weighted by atomic mass is 9.87. The molecule has 3 heteroatoms. The number of fused-ring (bicyclic) bond motifs is 2. The van der Waals surface area contributed by atoms with Crippen LogP contribution in [-0.2, 0) is 14.3 Å². The first kappa shape index (κ1) is 13.6. The number of carbonyl (C=O) groups excluding carboxylic acids is 1. The Morgan fingerprint density at radius 3 is 2.78 bits per heavy atom. The first-order valence-electron chi connectivity index (χ1n) is 7.03. The van der Waals surface area contributed by atoms with Crippen LogP contribution in [0.4, 0.5) is 0 Å². The van der Waals surface area contributed by atoms with Crippen LogP contribution >= 0.6 is 0 Å². The minimum Gasteiger partial charge on any atom is -0.463 e. The van der Waals surface area contributed by atoms with Gasteiger partial charge in [0, 0.05) is 20.6 Å². The molecule has 2 bridgehead atoms. The molecular formula is C15H24O3. The number of esters is 1. The zero-order valence-electron chi connectivity index (χ0n) is 11.4. The second-order valence-corrected chi connectivity index (χ2v) is 5.64. The second-order valence-electron chi connectivity index (χ2n) is 5.64. The van der Waals surface area contributed by atoms with E-state index in [0.717, 1.165) is 37.7 Å². The Morgan fingerprint density at radius 1 is 1.39 bits per heavy atom. The van der Waals surface area contributed by atoms with E-state index in [4.69, 9.17) is 9.47 Å². The first-order chi connectivity index (χ1) is 8.69. The van der Waals surface area contributed by atoms with E-state index in [1.165, 1.54) is 19.8 Å². The summed E-state index contributed by atoms with van der Waals surface area (Å²) in [4.78, 5) is 11.2. The predicted molar refractivity (Wildman–Crippen MR) is 70.1 cm³/mol. The number of allylic oxidation sites excluding steroid dienone is 2. The van der Waals surface area contributed by atoms with Gasteiger partial charge in [-0.3, -0.25) is 4.79 Å². The summed E-state index contributed by atoms with van der Waals surface area (Å²) in [5, 5.41) is 0. The minimum absolute atomic E-state index is 0.0791. The van der Waals surface area contributed by atoms with Gasteiger partial charge in [0.05, 0.1) is 0 Å². The quantitative estimate of drug-likeness (QED) is 0.397. The van der Waals surface area contributed by atoms with Crippen molar-refractivity contribution in [3.8, 4) is 0 Å². The highest BCUT2D eigenvalue weighted by Crippen LogP contribution is 2.45. The molecule has 0 aromatic rings. The maximum atomic E-state index is 11.2. The standard InChI is InChI=1S/C15H24O3/c1-11(16)18-15(4-3-7-17-2)10-14-9-12-5-6-13(14)8-12/h5-6,12-15H,3-4,7-10H2,1-2H3. The third-order valence-corrected chi connectivity index (χ3v) is 4.19. The van der Waals surface area contributed by atoms with Crippen LogP contribution in [0.3, 0.4) is 0 Å². The molecule has 1 fully saturated rings. The van der Waals surface area contributed by atoms with Crippen molar-refractivity contribution >= 4 is 5.97 Å². The Labute approximate surface area is 110 Å². The lowest BCUT2D eigenvalue weighted by Crippen LogP contribution is -2.22. The molecule has 102 valence electrons. The van der Waals surface area contributed by atoms with Crippen molar-refractivity contribution in [3.63, 3.8) is 0 Å². The lowest BCUT2D eigenvalue weighted by molar-refractivity contribution is -0.147. The summed E-state index contributed by atoms with van der Waals surface area (Å²) >= 11 is 0. The van der Waals surface area contributed by atoms with Crippen LogP contribution < -0.4 is 0 Å². The molecule has 4 unspecified atom stereocenters. The van der Waals surface area contributed by atoms with Crippen LogP contribution in [0.2, 0.25) is 0 Å². The molecule has 0 radical (unpaired) electrons. The average molecular weight is 252 g/mol. The molecule has 3 nitrogen and oxygen atoms in total. The van der Waals surface area contributed by atoms with Crippen LogP contribution in [0, 0.1) is 17.8 Å². The normalized spacial score (nSPS) is 30.7. The minimum atomic E-state index is -0.156. The molecular weight excluding hydrogens is 228 g/mol. The van der Waals surface area contributed by atoms with Gasteiger partial charge < -0.3 is 9.47 Å². The van der Waals surface area contributed by atoms with Gasteiger partial charge in [0.2, 0.25) is 0 Å². The molecule has 0 N–H and O–H groups in total. The zero-order chi connectivity index (χ0) is 13.0. The van der Waals surface area contributed by atoms with Crippen LogP contribution in [0.25, 0.3) is 0 Å². The zero-order valence-corrected chi connectivity index (χ0v) is 11.4. The molecule has 0 spiro atoms.